The maximum absolute atomic E-state index is 15.0. The van der Waals surface area contributed by atoms with Crippen molar-refractivity contribution in [2.24, 2.45) is 0 Å². The Kier molecular flexibility index (Phi) is 9.19. The topological polar surface area (TPSA) is 49.4 Å². The molecule has 1 fully saturated rings. The van der Waals surface area contributed by atoms with Crippen LogP contribution >= 0.6 is 23.2 Å². The number of allylic oxidation sites excluding steroid dienone is 1. The largest absolute Gasteiger partial charge is 0.417 e. The number of hydrogen-bond donors (Lipinski definition) is 1. The summed E-state index contributed by atoms with van der Waals surface area (Å²) in [6.45, 7) is -1.69. The van der Waals surface area contributed by atoms with Crippen molar-refractivity contribution in [3.8, 4) is 0 Å². The molecule has 0 bridgehead atoms. The molecule has 1 aliphatic rings. The summed E-state index contributed by atoms with van der Waals surface area (Å²) in [6.07, 6.45) is -15.8. The monoisotopic (exact) mass is 656 g/mol. The number of benzene rings is 2. The van der Waals surface area contributed by atoms with Gasteiger partial charge >= 0.3 is 18.5 Å². The van der Waals surface area contributed by atoms with Gasteiger partial charge in [-0.2, -0.15) is 39.5 Å². The highest BCUT2D eigenvalue weighted by molar-refractivity contribution is 6.35. The number of alkyl halides is 9. The lowest BCUT2D eigenvalue weighted by Gasteiger charge is -2.25. The van der Waals surface area contributed by atoms with Gasteiger partial charge in [0.25, 0.3) is 5.91 Å². The van der Waals surface area contributed by atoms with E-state index in [2.05, 4.69) is 0 Å². The molecule has 230 valence electrons. The van der Waals surface area contributed by atoms with E-state index >= 15 is 4.39 Å². The number of likely N-dealkylation sites (N-methyl/N-ethyl adjacent to an activating group) is 1. The van der Waals surface area contributed by atoms with Gasteiger partial charge in [-0.05, 0) is 48.7 Å². The number of carbonyl (C=O) groups is 2. The van der Waals surface area contributed by atoms with Gasteiger partial charge in [0.2, 0.25) is 5.91 Å². The van der Waals surface area contributed by atoms with E-state index in [1.165, 1.54) is 0 Å². The second kappa shape index (κ2) is 11.5. The number of nitrogens with zero attached hydrogens (tertiary/aromatic N) is 1. The number of nitrogens with one attached hydrogen (secondary N) is 1. The number of hydrogen-bond acceptors (Lipinski definition) is 2. The highest BCUT2D eigenvalue weighted by Crippen LogP contribution is 2.42. The van der Waals surface area contributed by atoms with Crippen LogP contribution in [0.4, 0.5) is 48.3 Å². The van der Waals surface area contributed by atoms with E-state index in [9.17, 15) is 53.5 Å². The molecule has 17 heteroatoms. The highest BCUT2D eigenvalue weighted by Gasteiger charge is 2.54. The average Bonchev–Trinajstić information content (AvgIpc) is 3.62. The van der Waals surface area contributed by atoms with Gasteiger partial charge in [-0.25, -0.2) is 8.78 Å². The molecule has 0 saturated heterocycles. The van der Waals surface area contributed by atoms with Gasteiger partial charge in [0, 0.05) is 12.6 Å². The first kappa shape index (κ1) is 33.4. The summed E-state index contributed by atoms with van der Waals surface area (Å²) in [6, 6.07) is 2.08. The lowest BCUT2D eigenvalue weighted by molar-refractivity contribution is -0.160. The minimum Gasteiger partial charge on any atom is -0.338 e. The van der Waals surface area contributed by atoms with Gasteiger partial charge in [-0.3, -0.25) is 9.59 Å². The molecule has 0 radical (unpaired) electrons. The first-order valence-electron chi connectivity index (χ1n) is 11.5. The summed E-state index contributed by atoms with van der Waals surface area (Å²) in [5, 5.41) is 0.336. The second-order valence-corrected chi connectivity index (χ2v) is 10.2. The van der Waals surface area contributed by atoms with Crippen LogP contribution in [0.1, 0.15) is 45.8 Å². The van der Waals surface area contributed by atoms with E-state index in [1.54, 1.807) is 0 Å². The third-order valence-electron chi connectivity index (χ3n) is 6.15. The molecule has 2 aromatic rings. The summed E-state index contributed by atoms with van der Waals surface area (Å²) in [5.74, 6) is -8.63. The molecule has 0 aromatic heterocycles. The molecule has 3 rings (SSSR count). The van der Waals surface area contributed by atoms with Crippen LogP contribution in [-0.2, 0) is 11.0 Å². The van der Waals surface area contributed by atoms with Crippen LogP contribution in [0.25, 0.3) is 5.83 Å². The molecule has 0 heterocycles. The predicted molar refractivity (Wildman–Crippen MR) is 129 cm³/mol. The predicted octanol–water partition coefficient (Wildman–Crippen LogP) is 8.09. The Morgan fingerprint density at radius 2 is 1.55 bits per heavy atom. The van der Waals surface area contributed by atoms with E-state index in [1.807, 2.05) is 5.32 Å². The van der Waals surface area contributed by atoms with Crippen molar-refractivity contribution in [2.75, 3.05) is 13.6 Å². The Balaban J connectivity index is 1.97. The average molecular weight is 657 g/mol. The Hall–Kier alpha value is -3.07. The first-order valence-corrected chi connectivity index (χ1v) is 12.3. The Bertz CT molecular complexity index is 1390. The van der Waals surface area contributed by atoms with Crippen LogP contribution < -0.4 is 5.32 Å². The van der Waals surface area contributed by atoms with Gasteiger partial charge in [-0.15, -0.1) is 0 Å². The van der Waals surface area contributed by atoms with Gasteiger partial charge in [0.05, 0.1) is 21.2 Å². The van der Waals surface area contributed by atoms with E-state index in [4.69, 9.17) is 23.2 Å². The maximum Gasteiger partial charge on any atom is 0.417 e. The summed E-state index contributed by atoms with van der Waals surface area (Å²) >= 11 is 11.0. The molecule has 1 unspecified atom stereocenters. The Morgan fingerprint density at radius 3 is 2.00 bits per heavy atom. The molecule has 4 nitrogen and oxygen atoms in total. The van der Waals surface area contributed by atoms with E-state index in [-0.39, 0.29) is 29.9 Å². The first-order chi connectivity index (χ1) is 19.1. The highest BCUT2D eigenvalue weighted by atomic mass is 35.5. The normalized spacial score (nSPS) is 16.2. The number of amides is 2. The van der Waals surface area contributed by atoms with Crippen LogP contribution in [-0.4, -0.2) is 48.2 Å². The standard InChI is InChI=1S/C25H17Cl2F11N2O2/c1-40(10-23(30,31)32)21(42)22(4-5-22)39-20(41)13-3-2-11(6-15(13)25(36,37)38)18(28)9-14(24(33,34)35)12-7-16(26)19(29)17(27)8-12/h2-3,6-9,14H,4-5,10H2,1H3,(H,39,41)/b18-9-. The molecular formula is C25H17Cl2F11N2O2. The Labute approximate surface area is 240 Å². The summed E-state index contributed by atoms with van der Waals surface area (Å²) in [5.41, 5.74) is -6.72. The van der Waals surface area contributed by atoms with Crippen molar-refractivity contribution in [1.29, 1.82) is 0 Å². The molecular weight excluding hydrogens is 640 g/mol. The molecule has 2 amide bonds. The van der Waals surface area contributed by atoms with Crippen molar-refractivity contribution >= 4 is 40.8 Å². The van der Waals surface area contributed by atoms with E-state index in [0.29, 0.717) is 24.3 Å². The number of rotatable bonds is 7. The quantitative estimate of drug-likeness (QED) is 0.242. The molecule has 2 aromatic carbocycles. The van der Waals surface area contributed by atoms with Crippen molar-refractivity contribution < 1.29 is 57.9 Å². The minimum atomic E-state index is -5.36. The zero-order chi connectivity index (χ0) is 32.0. The van der Waals surface area contributed by atoms with Crippen LogP contribution in [0.5, 0.6) is 0 Å². The smallest absolute Gasteiger partial charge is 0.338 e. The fourth-order valence-corrected chi connectivity index (χ4v) is 4.51. The zero-order valence-electron chi connectivity index (χ0n) is 20.8. The lowest BCUT2D eigenvalue weighted by atomic mass is 9.95. The van der Waals surface area contributed by atoms with E-state index in [0.717, 1.165) is 7.05 Å². The van der Waals surface area contributed by atoms with Crippen molar-refractivity contribution in [3.05, 3.63) is 74.5 Å². The van der Waals surface area contributed by atoms with Gasteiger partial charge in [0.15, 0.2) is 5.82 Å². The molecule has 1 aliphatic carbocycles. The number of halogens is 13. The van der Waals surface area contributed by atoms with Crippen molar-refractivity contribution in [1.82, 2.24) is 10.2 Å². The molecule has 1 atom stereocenters. The zero-order valence-corrected chi connectivity index (χ0v) is 22.4. The second-order valence-electron chi connectivity index (χ2n) is 9.40. The summed E-state index contributed by atoms with van der Waals surface area (Å²) < 4.78 is 149. The van der Waals surface area contributed by atoms with Crippen molar-refractivity contribution in [3.63, 3.8) is 0 Å². The fraction of sp³-hybridized carbons (Fsp3) is 0.360. The molecule has 0 spiro atoms. The molecule has 1 saturated carbocycles. The third kappa shape index (κ3) is 7.65. The molecule has 42 heavy (non-hydrogen) atoms. The van der Waals surface area contributed by atoms with Crippen LogP contribution in [0.15, 0.2) is 36.4 Å². The Morgan fingerprint density at radius 1 is 1.00 bits per heavy atom. The SMILES string of the molecule is CN(CC(F)(F)F)C(=O)C1(NC(=O)c2ccc(/C(F)=C/C(c3cc(Cl)c(F)c(Cl)c3)C(F)(F)F)cc2C(F)(F)F)CC1. The lowest BCUT2D eigenvalue weighted by Crippen LogP contribution is -2.51. The van der Waals surface area contributed by atoms with Gasteiger partial charge in [-0.1, -0.05) is 29.3 Å². The van der Waals surface area contributed by atoms with E-state index < -0.39 is 92.3 Å². The van der Waals surface area contributed by atoms with Crippen LogP contribution in [0, 0.1) is 5.82 Å². The summed E-state index contributed by atoms with van der Waals surface area (Å²) in [4.78, 5) is 25.4. The maximum atomic E-state index is 15.0. The summed E-state index contributed by atoms with van der Waals surface area (Å²) in [7, 11) is 0.787. The fourth-order valence-electron chi connectivity index (χ4n) is 4.01. The van der Waals surface area contributed by atoms with Crippen molar-refractivity contribution in [2.45, 2.75) is 42.8 Å². The molecule has 0 aliphatic heterocycles. The molecule has 1 N–H and O–H groups in total. The number of carbonyl (C=O) groups excluding carboxylic acids is 2. The van der Waals surface area contributed by atoms with Crippen LogP contribution in [0.3, 0.4) is 0 Å². The minimum absolute atomic E-state index is 0.0516. The van der Waals surface area contributed by atoms with Crippen LogP contribution in [0.2, 0.25) is 10.0 Å². The van der Waals surface area contributed by atoms with Gasteiger partial charge in [0.1, 0.15) is 23.8 Å². The third-order valence-corrected chi connectivity index (χ3v) is 6.70. The van der Waals surface area contributed by atoms with Gasteiger partial charge < -0.3 is 10.2 Å².